The second kappa shape index (κ2) is 15.3. The van der Waals surface area contributed by atoms with Crippen molar-refractivity contribution in [3.8, 4) is 23.0 Å². The van der Waals surface area contributed by atoms with E-state index in [4.69, 9.17) is 20.9 Å². The molecule has 4 N–H and O–H groups in total. The number of benzene rings is 4. The van der Waals surface area contributed by atoms with Crippen molar-refractivity contribution >= 4 is 11.4 Å². The van der Waals surface area contributed by atoms with Gasteiger partial charge >= 0.3 is 0 Å². The lowest BCUT2D eigenvalue weighted by Gasteiger charge is -2.45. The van der Waals surface area contributed by atoms with E-state index < -0.39 is 0 Å². The summed E-state index contributed by atoms with van der Waals surface area (Å²) >= 11 is 0. The summed E-state index contributed by atoms with van der Waals surface area (Å²) in [5.74, 6) is 6.18. The summed E-state index contributed by atoms with van der Waals surface area (Å²) < 4.78 is 12.9. The minimum absolute atomic E-state index is 0.0572. The van der Waals surface area contributed by atoms with Crippen LogP contribution in [-0.2, 0) is 5.41 Å². The molecule has 0 aromatic heterocycles. The molecule has 0 unspecified atom stereocenters. The molecule has 2 saturated carbocycles. The van der Waals surface area contributed by atoms with Gasteiger partial charge in [0.15, 0.2) is 0 Å². The van der Waals surface area contributed by atoms with Crippen LogP contribution in [0, 0.1) is 45.4 Å². The van der Waals surface area contributed by atoms with Crippen LogP contribution in [0.25, 0.3) is 0 Å². The Morgan fingerprint density at radius 2 is 0.980 bits per heavy atom. The van der Waals surface area contributed by atoms with Crippen molar-refractivity contribution in [3.63, 3.8) is 0 Å². The lowest BCUT2D eigenvalue weighted by molar-refractivity contribution is 0.140. The van der Waals surface area contributed by atoms with Gasteiger partial charge in [-0.2, -0.15) is 0 Å². The number of unbranched alkanes of at least 4 members (excludes halogenated alkanes) is 2. The van der Waals surface area contributed by atoms with Gasteiger partial charge in [0, 0.05) is 16.8 Å². The summed E-state index contributed by atoms with van der Waals surface area (Å²) in [6, 6.07) is 25.0. The Kier molecular flexibility index (Phi) is 10.9. The molecule has 0 bridgehead atoms. The third-order valence-electron chi connectivity index (χ3n) is 11.9. The third-order valence-corrected chi connectivity index (χ3v) is 11.9. The normalized spacial score (nSPS) is 19.4. The van der Waals surface area contributed by atoms with Gasteiger partial charge in [-0.15, -0.1) is 0 Å². The highest BCUT2D eigenvalue weighted by Gasteiger charge is 2.42. The van der Waals surface area contributed by atoms with E-state index in [0.717, 1.165) is 52.1 Å². The molecule has 0 spiro atoms. The van der Waals surface area contributed by atoms with Crippen LogP contribution >= 0.6 is 0 Å². The SMILES string of the molecule is CCCCC[C@H]1CC[C@H](C2CCC(c3cc(C)c(Oc4ccc(N)cc4)c(C)c3)(c3cc(C)c(Oc4ccc(N)cc4)c(C)c3)CC2)CC1. The number of nitrogens with two attached hydrogens (primary N) is 2. The van der Waals surface area contributed by atoms with Crippen LogP contribution in [0.3, 0.4) is 0 Å². The quantitative estimate of drug-likeness (QED) is 0.124. The van der Waals surface area contributed by atoms with Crippen molar-refractivity contribution in [2.24, 2.45) is 17.8 Å². The van der Waals surface area contributed by atoms with Crippen LogP contribution < -0.4 is 20.9 Å². The van der Waals surface area contributed by atoms with E-state index in [1.807, 2.05) is 48.5 Å². The Labute approximate surface area is 295 Å². The fraction of sp³-hybridized carbons (Fsp3) is 0.467. The predicted molar refractivity (Wildman–Crippen MR) is 206 cm³/mol. The van der Waals surface area contributed by atoms with Crippen LogP contribution in [0.5, 0.6) is 23.0 Å². The van der Waals surface area contributed by atoms with Crippen molar-refractivity contribution in [2.45, 2.75) is 117 Å². The minimum atomic E-state index is -0.0572. The molecule has 49 heavy (non-hydrogen) atoms. The fourth-order valence-corrected chi connectivity index (χ4v) is 9.06. The van der Waals surface area contributed by atoms with Gasteiger partial charge in [-0.1, -0.05) is 69.7 Å². The van der Waals surface area contributed by atoms with Gasteiger partial charge in [0.05, 0.1) is 0 Å². The second-order valence-corrected chi connectivity index (χ2v) is 15.4. The van der Waals surface area contributed by atoms with Crippen LogP contribution in [0.4, 0.5) is 11.4 Å². The van der Waals surface area contributed by atoms with Crippen molar-refractivity contribution in [3.05, 3.63) is 106 Å². The zero-order chi connectivity index (χ0) is 34.5. The average Bonchev–Trinajstić information content (AvgIpc) is 3.10. The highest BCUT2D eigenvalue weighted by molar-refractivity contribution is 5.55. The predicted octanol–water partition coefficient (Wildman–Crippen LogP) is 12.5. The highest BCUT2D eigenvalue weighted by atomic mass is 16.5. The maximum absolute atomic E-state index is 6.45. The van der Waals surface area contributed by atoms with Crippen LogP contribution in [0.1, 0.15) is 117 Å². The van der Waals surface area contributed by atoms with Crippen molar-refractivity contribution < 1.29 is 9.47 Å². The first kappa shape index (κ1) is 34.9. The van der Waals surface area contributed by atoms with E-state index in [1.54, 1.807) is 0 Å². The standard InChI is InChI=1S/C45H58N2O2/c1-6-7-8-9-34-10-12-35(13-11-34)36-22-24-45(25-23-36,37-26-30(2)43(31(3)27-37)48-41-18-14-39(46)15-19-41)38-28-32(4)44(33(5)29-38)49-42-20-16-40(47)17-21-42/h14-21,26-29,34-36H,6-13,22-25,46-47H2,1-5H3/t34-,35-. The molecule has 4 aromatic carbocycles. The van der Waals surface area contributed by atoms with Gasteiger partial charge in [0.1, 0.15) is 23.0 Å². The van der Waals surface area contributed by atoms with E-state index in [-0.39, 0.29) is 5.41 Å². The van der Waals surface area contributed by atoms with Crippen molar-refractivity contribution in [2.75, 3.05) is 11.5 Å². The molecule has 0 radical (unpaired) electrons. The molecule has 0 aliphatic heterocycles. The third kappa shape index (κ3) is 7.95. The molecule has 2 aliphatic rings. The Balaban J connectivity index is 1.29. The number of hydrogen-bond donors (Lipinski definition) is 2. The molecule has 0 amide bonds. The molecule has 0 heterocycles. The number of rotatable bonds is 11. The van der Waals surface area contributed by atoms with E-state index in [1.165, 1.54) is 110 Å². The summed E-state index contributed by atoms with van der Waals surface area (Å²) in [4.78, 5) is 0. The van der Waals surface area contributed by atoms with Crippen molar-refractivity contribution in [1.29, 1.82) is 0 Å². The molecule has 260 valence electrons. The Hall–Kier alpha value is -3.92. The molecule has 2 fully saturated rings. The molecule has 4 nitrogen and oxygen atoms in total. The first-order valence-electron chi connectivity index (χ1n) is 19.0. The molecular weight excluding hydrogens is 601 g/mol. The van der Waals surface area contributed by atoms with Crippen molar-refractivity contribution in [1.82, 2.24) is 0 Å². The van der Waals surface area contributed by atoms with Crippen LogP contribution in [-0.4, -0.2) is 0 Å². The molecule has 0 saturated heterocycles. The minimum Gasteiger partial charge on any atom is -0.457 e. The summed E-state index contributed by atoms with van der Waals surface area (Å²) in [5.41, 5.74) is 20.8. The number of nitrogen functional groups attached to an aromatic ring is 2. The molecule has 2 aliphatic carbocycles. The number of ether oxygens (including phenoxy) is 2. The Morgan fingerprint density at radius 3 is 1.39 bits per heavy atom. The second-order valence-electron chi connectivity index (χ2n) is 15.4. The molecule has 4 heteroatoms. The first-order valence-corrected chi connectivity index (χ1v) is 19.0. The van der Waals surface area contributed by atoms with E-state index in [0.29, 0.717) is 0 Å². The Bertz CT molecular complexity index is 1540. The summed E-state index contributed by atoms with van der Waals surface area (Å²) in [6.07, 6.45) is 16.2. The van der Waals surface area contributed by atoms with E-state index in [9.17, 15) is 0 Å². The monoisotopic (exact) mass is 658 g/mol. The van der Waals surface area contributed by atoms with E-state index in [2.05, 4.69) is 58.9 Å². The maximum atomic E-state index is 6.45. The highest BCUT2D eigenvalue weighted by Crippen LogP contribution is 2.52. The zero-order valence-electron chi connectivity index (χ0n) is 30.6. The molecule has 0 atom stereocenters. The average molecular weight is 659 g/mol. The number of hydrogen-bond acceptors (Lipinski definition) is 4. The van der Waals surface area contributed by atoms with Gasteiger partial charge in [-0.3, -0.25) is 0 Å². The number of aryl methyl sites for hydroxylation is 4. The van der Waals surface area contributed by atoms with Gasteiger partial charge < -0.3 is 20.9 Å². The molecule has 4 aromatic rings. The van der Waals surface area contributed by atoms with Crippen LogP contribution in [0.2, 0.25) is 0 Å². The lowest BCUT2D eigenvalue weighted by Crippen LogP contribution is -2.36. The van der Waals surface area contributed by atoms with E-state index >= 15 is 0 Å². The van der Waals surface area contributed by atoms with Gasteiger partial charge in [0.2, 0.25) is 0 Å². The first-order chi connectivity index (χ1) is 23.6. The van der Waals surface area contributed by atoms with Gasteiger partial charge in [-0.05, 0) is 166 Å². The summed E-state index contributed by atoms with van der Waals surface area (Å²) in [7, 11) is 0. The number of anilines is 2. The maximum Gasteiger partial charge on any atom is 0.133 e. The fourth-order valence-electron chi connectivity index (χ4n) is 9.06. The molecule has 6 rings (SSSR count). The Morgan fingerprint density at radius 1 is 0.571 bits per heavy atom. The lowest BCUT2D eigenvalue weighted by atomic mass is 9.59. The molecular formula is C45H58N2O2. The van der Waals surface area contributed by atoms with Gasteiger partial charge in [-0.25, -0.2) is 0 Å². The smallest absolute Gasteiger partial charge is 0.133 e. The summed E-state index contributed by atoms with van der Waals surface area (Å²) in [6.45, 7) is 11.1. The topological polar surface area (TPSA) is 70.5 Å². The largest absolute Gasteiger partial charge is 0.457 e. The van der Waals surface area contributed by atoms with Crippen LogP contribution in [0.15, 0.2) is 72.8 Å². The van der Waals surface area contributed by atoms with Gasteiger partial charge in [0.25, 0.3) is 0 Å². The zero-order valence-corrected chi connectivity index (χ0v) is 30.6. The summed E-state index contributed by atoms with van der Waals surface area (Å²) in [5, 5.41) is 0.